The number of alkyl halides is 3. The smallest absolute Gasteiger partial charge is 0.433 e. The molecule has 0 bridgehead atoms. The number of fused-ring (bicyclic) bond motifs is 1. The average Bonchev–Trinajstić information content (AvgIpc) is 3.02. The minimum absolute atomic E-state index is 0.127. The largest absolute Gasteiger partial charge is 0.466 e. The van der Waals surface area contributed by atoms with Crippen LogP contribution in [-0.2, 0) is 15.7 Å². The van der Waals surface area contributed by atoms with E-state index in [4.69, 9.17) is 4.74 Å². The molecule has 1 unspecified atom stereocenters. The number of piperidine rings is 1. The van der Waals surface area contributed by atoms with Crippen LogP contribution in [0.2, 0.25) is 0 Å². The quantitative estimate of drug-likeness (QED) is 0.793. The van der Waals surface area contributed by atoms with E-state index >= 15 is 0 Å². The first-order chi connectivity index (χ1) is 11.4. The Labute approximate surface area is 135 Å². The van der Waals surface area contributed by atoms with Crippen molar-refractivity contribution in [3.05, 3.63) is 18.1 Å². The number of halogens is 3. The Bertz CT molecular complexity index is 746. The fourth-order valence-corrected chi connectivity index (χ4v) is 2.80. The summed E-state index contributed by atoms with van der Waals surface area (Å²) in [6.45, 7) is 2.79. The van der Waals surface area contributed by atoms with Gasteiger partial charge in [0.25, 0.3) is 5.78 Å². The van der Waals surface area contributed by atoms with Gasteiger partial charge in [0, 0.05) is 19.2 Å². The molecule has 0 aromatic carbocycles. The van der Waals surface area contributed by atoms with Gasteiger partial charge in [-0.25, -0.2) is 4.98 Å². The molecule has 2 aromatic heterocycles. The molecule has 10 heteroatoms. The zero-order valence-electron chi connectivity index (χ0n) is 13.0. The summed E-state index contributed by atoms with van der Waals surface area (Å²) >= 11 is 0. The first kappa shape index (κ1) is 16.5. The first-order valence-electron chi connectivity index (χ1n) is 7.59. The van der Waals surface area contributed by atoms with Gasteiger partial charge in [-0.05, 0) is 19.8 Å². The van der Waals surface area contributed by atoms with Crippen molar-refractivity contribution in [2.45, 2.75) is 25.9 Å². The fourth-order valence-electron chi connectivity index (χ4n) is 2.80. The molecule has 1 saturated heterocycles. The average molecular weight is 343 g/mol. The summed E-state index contributed by atoms with van der Waals surface area (Å²) in [5.74, 6) is -0.612. The zero-order valence-corrected chi connectivity index (χ0v) is 13.0. The Morgan fingerprint density at radius 3 is 2.96 bits per heavy atom. The second-order valence-corrected chi connectivity index (χ2v) is 5.51. The lowest BCUT2D eigenvalue weighted by Gasteiger charge is -2.33. The van der Waals surface area contributed by atoms with E-state index in [-0.39, 0.29) is 36.6 Å². The molecular formula is C14H16F3N5O2. The van der Waals surface area contributed by atoms with E-state index in [1.165, 1.54) is 4.52 Å². The maximum Gasteiger partial charge on any atom is 0.433 e. The number of esters is 1. The van der Waals surface area contributed by atoms with Crippen molar-refractivity contribution < 1.29 is 22.7 Å². The number of carbonyl (C=O) groups excluding carboxylic acids is 1. The predicted octanol–water partition coefficient (Wildman–Crippen LogP) is 1.92. The number of nitrogens with zero attached hydrogens (tertiary/aromatic N) is 5. The molecule has 0 spiro atoms. The third-order valence-corrected chi connectivity index (χ3v) is 3.89. The molecule has 7 nitrogen and oxygen atoms in total. The van der Waals surface area contributed by atoms with Gasteiger partial charge in [0.05, 0.1) is 12.5 Å². The van der Waals surface area contributed by atoms with Crippen LogP contribution in [0.5, 0.6) is 0 Å². The summed E-state index contributed by atoms with van der Waals surface area (Å²) in [6.07, 6.45) is -2.12. The van der Waals surface area contributed by atoms with E-state index in [1.807, 2.05) is 0 Å². The predicted molar refractivity (Wildman–Crippen MR) is 77.4 cm³/mol. The number of anilines is 1. The lowest BCUT2D eigenvalue weighted by molar-refractivity contribution is -0.148. The van der Waals surface area contributed by atoms with Crippen LogP contribution in [0.15, 0.2) is 12.4 Å². The van der Waals surface area contributed by atoms with Crippen molar-refractivity contribution in [2.75, 3.05) is 24.6 Å². The minimum atomic E-state index is -4.58. The lowest BCUT2D eigenvalue weighted by Crippen LogP contribution is -2.40. The number of carbonyl (C=O) groups is 1. The number of aromatic nitrogens is 4. The van der Waals surface area contributed by atoms with Crippen molar-refractivity contribution in [3.8, 4) is 0 Å². The Morgan fingerprint density at radius 2 is 2.25 bits per heavy atom. The topological polar surface area (TPSA) is 72.6 Å². The van der Waals surface area contributed by atoms with E-state index in [0.717, 1.165) is 12.4 Å². The molecule has 3 rings (SSSR count). The van der Waals surface area contributed by atoms with Crippen molar-refractivity contribution in [1.82, 2.24) is 19.6 Å². The normalized spacial score (nSPS) is 18.8. The summed E-state index contributed by atoms with van der Waals surface area (Å²) in [7, 11) is 0. The van der Waals surface area contributed by atoms with Gasteiger partial charge in [-0.15, -0.1) is 0 Å². The lowest BCUT2D eigenvalue weighted by atomic mass is 9.98. The summed E-state index contributed by atoms with van der Waals surface area (Å²) < 4.78 is 45.5. The Kier molecular flexibility index (Phi) is 4.29. The fraction of sp³-hybridized carbons (Fsp3) is 0.571. The molecule has 0 saturated carbocycles. The van der Waals surface area contributed by atoms with Gasteiger partial charge in [0.15, 0.2) is 5.69 Å². The Balaban J connectivity index is 1.96. The van der Waals surface area contributed by atoms with Gasteiger partial charge in [-0.2, -0.15) is 27.8 Å². The van der Waals surface area contributed by atoms with Crippen molar-refractivity contribution in [1.29, 1.82) is 0 Å². The van der Waals surface area contributed by atoms with Crippen LogP contribution in [0.3, 0.4) is 0 Å². The highest BCUT2D eigenvalue weighted by Gasteiger charge is 2.35. The number of hydrogen-bond donors (Lipinski definition) is 0. The molecule has 1 aliphatic heterocycles. The molecule has 1 atom stereocenters. The summed E-state index contributed by atoms with van der Waals surface area (Å²) in [5, 5.41) is 3.94. The monoisotopic (exact) mass is 343 g/mol. The highest BCUT2D eigenvalue weighted by Crippen LogP contribution is 2.32. The molecule has 0 amide bonds. The Hall–Kier alpha value is -2.39. The van der Waals surface area contributed by atoms with Gasteiger partial charge in [-0.1, -0.05) is 0 Å². The van der Waals surface area contributed by atoms with E-state index in [2.05, 4.69) is 15.1 Å². The van der Waals surface area contributed by atoms with E-state index < -0.39 is 11.9 Å². The summed E-state index contributed by atoms with van der Waals surface area (Å²) in [6, 6.07) is 0.940. The van der Waals surface area contributed by atoms with Crippen LogP contribution < -0.4 is 4.90 Å². The van der Waals surface area contributed by atoms with Gasteiger partial charge < -0.3 is 9.64 Å². The minimum Gasteiger partial charge on any atom is -0.466 e. The molecule has 2 aromatic rings. The van der Waals surface area contributed by atoms with Crippen LogP contribution >= 0.6 is 0 Å². The molecule has 3 heterocycles. The molecule has 0 aliphatic carbocycles. The summed E-state index contributed by atoms with van der Waals surface area (Å²) in [5.41, 5.74) is -1.03. The Morgan fingerprint density at radius 1 is 1.46 bits per heavy atom. The van der Waals surface area contributed by atoms with Crippen molar-refractivity contribution in [3.63, 3.8) is 0 Å². The molecule has 130 valence electrons. The van der Waals surface area contributed by atoms with Crippen LogP contribution in [0, 0.1) is 5.92 Å². The standard InChI is InChI=1S/C14H16F3N5O2/c1-2-24-12(23)9-4-3-5-21(7-9)11-6-10(14(15,16)17)20-13-18-8-19-22(11)13/h6,8-9H,2-5,7H2,1H3. The number of hydrogen-bond acceptors (Lipinski definition) is 6. The van der Waals surface area contributed by atoms with Crippen LogP contribution in [-0.4, -0.2) is 45.2 Å². The zero-order chi connectivity index (χ0) is 17.3. The molecule has 1 aliphatic rings. The third kappa shape index (κ3) is 3.13. The molecule has 24 heavy (non-hydrogen) atoms. The van der Waals surface area contributed by atoms with Crippen LogP contribution in [0.4, 0.5) is 19.0 Å². The van der Waals surface area contributed by atoms with Gasteiger partial charge in [-0.3, -0.25) is 4.79 Å². The highest BCUT2D eigenvalue weighted by atomic mass is 19.4. The van der Waals surface area contributed by atoms with Gasteiger partial charge >= 0.3 is 12.1 Å². The maximum atomic E-state index is 13.1. The second-order valence-electron chi connectivity index (χ2n) is 5.51. The molecular weight excluding hydrogens is 327 g/mol. The number of rotatable bonds is 3. The van der Waals surface area contributed by atoms with Crippen molar-refractivity contribution >= 4 is 17.6 Å². The van der Waals surface area contributed by atoms with Crippen LogP contribution in [0.25, 0.3) is 5.78 Å². The number of ether oxygens (including phenoxy) is 1. The van der Waals surface area contributed by atoms with E-state index in [0.29, 0.717) is 19.4 Å². The summed E-state index contributed by atoms with van der Waals surface area (Å²) in [4.78, 5) is 20.9. The molecule has 0 radical (unpaired) electrons. The maximum absolute atomic E-state index is 13.1. The van der Waals surface area contributed by atoms with E-state index in [9.17, 15) is 18.0 Å². The first-order valence-corrected chi connectivity index (χ1v) is 7.59. The SMILES string of the molecule is CCOC(=O)C1CCCN(c2cc(C(F)(F)F)nc3ncnn23)C1. The third-order valence-electron chi connectivity index (χ3n) is 3.89. The van der Waals surface area contributed by atoms with Gasteiger partial charge in [0.2, 0.25) is 0 Å². The highest BCUT2D eigenvalue weighted by molar-refractivity contribution is 5.73. The molecule has 1 fully saturated rings. The molecule has 0 N–H and O–H groups in total. The second kappa shape index (κ2) is 6.25. The van der Waals surface area contributed by atoms with Crippen molar-refractivity contribution in [2.24, 2.45) is 5.92 Å². The van der Waals surface area contributed by atoms with E-state index in [1.54, 1.807) is 11.8 Å². The van der Waals surface area contributed by atoms with Crippen LogP contribution in [0.1, 0.15) is 25.5 Å². The van der Waals surface area contributed by atoms with Gasteiger partial charge in [0.1, 0.15) is 12.1 Å².